The lowest BCUT2D eigenvalue weighted by atomic mass is 10.1. The molecule has 0 fully saturated rings. The fourth-order valence-electron chi connectivity index (χ4n) is 3.65. The van der Waals surface area contributed by atoms with Crippen molar-refractivity contribution in [2.24, 2.45) is 0 Å². The summed E-state index contributed by atoms with van der Waals surface area (Å²) in [4.78, 5) is 13.1. The number of nitrogens with one attached hydrogen (secondary N) is 1. The minimum atomic E-state index is 0.0792. The Hall–Kier alpha value is -3.12. The van der Waals surface area contributed by atoms with Gasteiger partial charge in [0.05, 0.1) is 27.7 Å². The Labute approximate surface area is 173 Å². The molecule has 1 atom stereocenters. The number of aromatic amines is 1. The van der Waals surface area contributed by atoms with E-state index < -0.39 is 0 Å². The molecule has 3 heterocycles. The number of nitrogens with zero attached hydrogens (tertiary/aromatic N) is 4. The van der Waals surface area contributed by atoms with Crippen LogP contribution in [0.25, 0.3) is 27.7 Å². The first-order valence-electron chi connectivity index (χ1n) is 9.63. The Morgan fingerprint density at radius 3 is 2.66 bits per heavy atom. The Balaban J connectivity index is 1.55. The number of fused-ring (bicyclic) bond motifs is 3. The highest BCUT2D eigenvalue weighted by molar-refractivity contribution is 7.99. The van der Waals surface area contributed by atoms with Crippen LogP contribution >= 0.6 is 11.8 Å². The van der Waals surface area contributed by atoms with Gasteiger partial charge in [-0.25, -0.2) is 14.5 Å². The van der Waals surface area contributed by atoms with Crippen LogP contribution < -0.4 is 0 Å². The van der Waals surface area contributed by atoms with Gasteiger partial charge >= 0.3 is 0 Å². The molecule has 0 aliphatic heterocycles. The first-order chi connectivity index (χ1) is 14.1. The Morgan fingerprint density at radius 1 is 1.00 bits per heavy atom. The van der Waals surface area contributed by atoms with Crippen molar-refractivity contribution in [2.45, 2.75) is 31.2 Å². The van der Waals surface area contributed by atoms with Gasteiger partial charge in [0, 0.05) is 17.1 Å². The van der Waals surface area contributed by atoms with Gasteiger partial charge in [0.25, 0.3) is 0 Å². The summed E-state index contributed by atoms with van der Waals surface area (Å²) in [7, 11) is 0. The van der Waals surface area contributed by atoms with Crippen molar-refractivity contribution in [2.75, 3.05) is 0 Å². The molecule has 0 radical (unpaired) electrons. The van der Waals surface area contributed by atoms with E-state index in [9.17, 15) is 0 Å². The third-order valence-corrected chi connectivity index (χ3v) is 6.06. The fraction of sp³-hybridized carbons (Fsp3) is 0.174. The third-order valence-electron chi connectivity index (χ3n) is 5.06. The van der Waals surface area contributed by atoms with Gasteiger partial charge in [0.15, 0.2) is 5.16 Å². The highest BCUT2D eigenvalue weighted by Crippen LogP contribution is 2.35. The van der Waals surface area contributed by atoms with Gasteiger partial charge < -0.3 is 4.98 Å². The molecule has 1 unspecified atom stereocenters. The number of thioether (sulfide) groups is 1. The van der Waals surface area contributed by atoms with E-state index in [1.54, 1.807) is 11.8 Å². The molecular formula is C23H21N5S. The number of imidazole rings is 1. The lowest BCUT2D eigenvalue weighted by Gasteiger charge is -2.13. The van der Waals surface area contributed by atoms with Crippen LogP contribution in [0.5, 0.6) is 0 Å². The average molecular weight is 400 g/mol. The number of hydrogen-bond donors (Lipinski definition) is 1. The summed E-state index contributed by atoms with van der Waals surface area (Å²) in [6, 6.07) is 18.6. The molecule has 0 aliphatic rings. The zero-order chi connectivity index (χ0) is 20.0. The molecule has 1 N–H and O–H groups in total. The number of benzene rings is 2. The molecule has 5 aromatic rings. The molecule has 5 rings (SSSR count). The van der Waals surface area contributed by atoms with Crippen LogP contribution in [0.2, 0.25) is 0 Å². The van der Waals surface area contributed by atoms with E-state index >= 15 is 0 Å². The fourth-order valence-corrected chi connectivity index (χ4v) is 4.52. The van der Waals surface area contributed by atoms with E-state index in [1.807, 2.05) is 35.8 Å². The second-order valence-corrected chi connectivity index (χ2v) is 8.57. The van der Waals surface area contributed by atoms with E-state index in [2.05, 4.69) is 55.2 Å². The van der Waals surface area contributed by atoms with Crippen molar-refractivity contribution >= 4 is 28.2 Å². The van der Waals surface area contributed by atoms with Gasteiger partial charge in [-0.2, -0.15) is 5.10 Å². The van der Waals surface area contributed by atoms with Crippen LogP contribution in [-0.4, -0.2) is 24.6 Å². The molecule has 29 heavy (non-hydrogen) atoms. The van der Waals surface area contributed by atoms with Gasteiger partial charge in [-0.3, -0.25) is 0 Å². The van der Waals surface area contributed by atoms with Gasteiger partial charge in [0.1, 0.15) is 5.82 Å². The minimum absolute atomic E-state index is 0.0792. The third kappa shape index (κ3) is 3.19. The largest absolute Gasteiger partial charge is 0.339 e. The zero-order valence-corrected chi connectivity index (χ0v) is 17.4. The predicted octanol–water partition coefficient (Wildman–Crippen LogP) is 5.74. The molecule has 6 heteroatoms. The molecule has 0 aliphatic carbocycles. The Bertz CT molecular complexity index is 1320. The van der Waals surface area contributed by atoms with Gasteiger partial charge in [-0.1, -0.05) is 60.3 Å². The topological polar surface area (TPSA) is 58.9 Å². The lowest BCUT2D eigenvalue weighted by molar-refractivity contribution is 0.800. The number of para-hydroxylation sites is 1. The second-order valence-electron chi connectivity index (χ2n) is 7.24. The van der Waals surface area contributed by atoms with E-state index in [0.29, 0.717) is 0 Å². The predicted molar refractivity (Wildman–Crippen MR) is 118 cm³/mol. The monoisotopic (exact) mass is 399 g/mol. The van der Waals surface area contributed by atoms with Gasteiger partial charge in [0.2, 0.25) is 0 Å². The van der Waals surface area contributed by atoms with E-state index in [1.165, 1.54) is 5.56 Å². The molecule has 0 saturated carbocycles. The molecule has 5 nitrogen and oxygen atoms in total. The minimum Gasteiger partial charge on any atom is -0.339 e. The maximum atomic E-state index is 5.02. The molecule has 3 aromatic heterocycles. The zero-order valence-electron chi connectivity index (χ0n) is 16.5. The van der Waals surface area contributed by atoms with Crippen molar-refractivity contribution in [1.82, 2.24) is 24.6 Å². The van der Waals surface area contributed by atoms with Crippen molar-refractivity contribution in [3.05, 3.63) is 77.9 Å². The summed E-state index contributed by atoms with van der Waals surface area (Å²) in [5.74, 6) is 0.928. The van der Waals surface area contributed by atoms with Gasteiger partial charge in [-0.05, 0) is 32.4 Å². The highest BCUT2D eigenvalue weighted by atomic mass is 32.2. The first kappa shape index (κ1) is 17.9. The second kappa shape index (κ2) is 7.04. The van der Waals surface area contributed by atoms with Crippen molar-refractivity contribution < 1.29 is 0 Å². The van der Waals surface area contributed by atoms with E-state index in [4.69, 9.17) is 15.1 Å². The van der Waals surface area contributed by atoms with Crippen LogP contribution in [-0.2, 0) is 0 Å². The van der Waals surface area contributed by atoms with Gasteiger partial charge in [-0.15, -0.1) is 0 Å². The highest BCUT2D eigenvalue weighted by Gasteiger charge is 2.19. The average Bonchev–Trinajstić information content (AvgIpc) is 3.34. The summed E-state index contributed by atoms with van der Waals surface area (Å²) >= 11 is 1.66. The van der Waals surface area contributed by atoms with Crippen LogP contribution in [0.4, 0.5) is 0 Å². The maximum absolute atomic E-state index is 5.02. The van der Waals surface area contributed by atoms with Crippen molar-refractivity contribution in [3.63, 3.8) is 0 Å². The van der Waals surface area contributed by atoms with E-state index in [-0.39, 0.29) is 5.25 Å². The maximum Gasteiger partial charge on any atom is 0.166 e. The Kier molecular flexibility index (Phi) is 4.36. The summed E-state index contributed by atoms with van der Waals surface area (Å²) < 4.78 is 1.98. The summed E-state index contributed by atoms with van der Waals surface area (Å²) in [6.45, 7) is 6.28. The molecule has 0 amide bonds. The van der Waals surface area contributed by atoms with Crippen LogP contribution in [0.15, 0.2) is 66.0 Å². The summed E-state index contributed by atoms with van der Waals surface area (Å²) in [5.41, 5.74) is 6.35. The van der Waals surface area contributed by atoms with E-state index in [0.717, 1.165) is 44.4 Å². The van der Waals surface area contributed by atoms with Crippen molar-refractivity contribution in [3.8, 4) is 11.3 Å². The molecular weight excluding hydrogens is 378 g/mol. The summed E-state index contributed by atoms with van der Waals surface area (Å²) in [6.07, 6.45) is 1.95. The number of H-pyrrole nitrogens is 1. The number of rotatable bonds is 4. The normalized spacial score (nSPS) is 12.7. The summed E-state index contributed by atoms with van der Waals surface area (Å²) in [5, 5.41) is 6.81. The lowest BCUT2D eigenvalue weighted by Crippen LogP contribution is -2.06. The number of aryl methyl sites for hydroxylation is 2. The standard InChI is InChI=1S/C23H21N5S/c1-14-8-7-11-18-20-12-15(2)27-28(20)22(26-21(14)18)16(3)29-23-24-13-19(25-23)17-9-5-4-6-10-17/h4-13,16H,1-3H3,(H,24,25). The smallest absolute Gasteiger partial charge is 0.166 e. The number of hydrogen-bond acceptors (Lipinski definition) is 4. The number of aromatic nitrogens is 5. The van der Waals surface area contributed by atoms with Crippen LogP contribution in [0, 0.1) is 13.8 Å². The Morgan fingerprint density at radius 2 is 1.83 bits per heavy atom. The molecule has 0 saturated heterocycles. The quantitative estimate of drug-likeness (QED) is 0.391. The van der Waals surface area contributed by atoms with Crippen LogP contribution in [0.1, 0.15) is 29.3 Å². The molecule has 144 valence electrons. The van der Waals surface area contributed by atoms with Crippen molar-refractivity contribution in [1.29, 1.82) is 0 Å². The SMILES string of the molecule is Cc1cc2c3cccc(C)c3nc(C(C)Sc3nc(-c4ccccc4)c[nH]3)n2n1. The molecule has 0 bridgehead atoms. The first-order valence-corrected chi connectivity index (χ1v) is 10.5. The molecule has 0 spiro atoms. The van der Waals surface area contributed by atoms with Crippen LogP contribution in [0.3, 0.4) is 0 Å². The molecule has 2 aromatic carbocycles.